The second-order valence-corrected chi connectivity index (χ2v) is 9.58. The van der Waals surface area contributed by atoms with Crippen molar-refractivity contribution in [3.8, 4) is 5.75 Å². The normalized spacial score (nSPS) is 17.7. The lowest BCUT2D eigenvalue weighted by Crippen LogP contribution is -2.34. The van der Waals surface area contributed by atoms with Gasteiger partial charge in [0.2, 0.25) is 5.95 Å². The van der Waals surface area contributed by atoms with E-state index >= 15 is 0 Å². The number of hydrogen-bond donors (Lipinski definition) is 1. The number of halogens is 1. The molecule has 30 heavy (non-hydrogen) atoms. The van der Waals surface area contributed by atoms with Crippen molar-refractivity contribution in [1.29, 1.82) is 0 Å². The Hall–Kier alpha value is -2.19. The first kappa shape index (κ1) is 19.8. The van der Waals surface area contributed by atoms with Gasteiger partial charge in [-0.15, -0.1) is 10.2 Å². The van der Waals surface area contributed by atoms with Crippen molar-refractivity contribution in [2.75, 3.05) is 18.0 Å². The lowest BCUT2D eigenvalue weighted by atomic mass is 10.00. The first-order chi connectivity index (χ1) is 14.5. The number of rotatable bonds is 5. The zero-order valence-corrected chi connectivity index (χ0v) is 18.2. The number of aromatic hydroxyl groups is 1. The maximum atomic E-state index is 12.0. The molecule has 1 N–H and O–H groups in total. The molecule has 7 nitrogen and oxygen atoms in total. The molecule has 0 spiro atoms. The van der Waals surface area contributed by atoms with Gasteiger partial charge in [-0.1, -0.05) is 30.3 Å². The van der Waals surface area contributed by atoms with Crippen LogP contribution in [0.2, 0.25) is 5.02 Å². The summed E-state index contributed by atoms with van der Waals surface area (Å²) < 4.78 is 7.50. The molecule has 2 fully saturated rings. The standard InChI is InChI=1S/C21H23ClN4O3S/c1-12-4-6-25(7-5-12)20-23-24-21(26(20)14-2-3-14)30-11-13-8-19(28)29-18-10-17(27)16(22)9-15(13)18/h8-10,12,14,27H,2-7,11H2,1H3. The second kappa shape index (κ2) is 7.81. The minimum absolute atomic E-state index is 0.105. The highest BCUT2D eigenvalue weighted by Gasteiger charge is 2.32. The number of phenolic OH excluding ortho intramolecular Hbond substituents is 1. The summed E-state index contributed by atoms with van der Waals surface area (Å²) in [7, 11) is 0. The quantitative estimate of drug-likeness (QED) is 0.452. The molecule has 0 radical (unpaired) electrons. The van der Waals surface area contributed by atoms with Crippen LogP contribution < -0.4 is 10.5 Å². The summed E-state index contributed by atoms with van der Waals surface area (Å²) in [5.74, 6) is 2.16. The summed E-state index contributed by atoms with van der Waals surface area (Å²) >= 11 is 7.65. The average Bonchev–Trinajstić information content (AvgIpc) is 3.47. The molecule has 5 rings (SSSR count). The van der Waals surface area contributed by atoms with Gasteiger partial charge < -0.3 is 14.4 Å². The molecule has 158 valence electrons. The molecule has 1 saturated heterocycles. The number of fused-ring (bicyclic) bond motifs is 1. The molecule has 0 atom stereocenters. The molecule has 3 heterocycles. The SMILES string of the molecule is CC1CCN(c2nnc(SCc3cc(=O)oc4cc(O)c(Cl)cc34)n2C2CC2)CC1. The zero-order chi connectivity index (χ0) is 20.8. The van der Waals surface area contributed by atoms with Crippen molar-refractivity contribution in [1.82, 2.24) is 14.8 Å². The van der Waals surface area contributed by atoms with Crippen LogP contribution in [0.25, 0.3) is 11.0 Å². The number of phenols is 1. The average molecular weight is 447 g/mol. The number of benzene rings is 1. The van der Waals surface area contributed by atoms with Gasteiger partial charge in [0.25, 0.3) is 0 Å². The summed E-state index contributed by atoms with van der Waals surface area (Å²) in [6.45, 7) is 4.34. The molecule has 0 bridgehead atoms. The highest BCUT2D eigenvalue weighted by Crippen LogP contribution is 2.42. The lowest BCUT2D eigenvalue weighted by Gasteiger charge is -2.31. The second-order valence-electron chi connectivity index (χ2n) is 8.23. The van der Waals surface area contributed by atoms with E-state index in [1.54, 1.807) is 17.8 Å². The number of anilines is 1. The molecule has 1 saturated carbocycles. The summed E-state index contributed by atoms with van der Waals surface area (Å²) in [6, 6.07) is 4.96. The topological polar surface area (TPSA) is 84.4 Å². The van der Waals surface area contributed by atoms with Crippen molar-refractivity contribution in [3.63, 3.8) is 0 Å². The van der Waals surface area contributed by atoms with Crippen LogP contribution in [0.15, 0.2) is 32.6 Å². The fourth-order valence-corrected chi connectivity index (χ4v) is 5.10. The van der Waals surface area contributed by atoms with Crippen LogP contribution in [-0.2, 0) is 5.75 Å². The summed E-state index contributed by atoms with van der Waals surface area (Å²) in [6.07, 6.45) is 4.66. The van der Waals surface area contributed by atoms with Crippen molar-refractivity contribution < 1.29 is 9.52 Å². The predicted molar refractivity (Wildman–Crippen MR) is 118 cm³/mol. The highest BCUT2D eigenvalue weighted by molar-refractivity contribution is 7.98. The van der Waals surface area contributed by atoms with Crippen molar-refractivity contribution in [2.45, 2.75) is 49.6 Å². The van der Waals surface area contributed by atoms with E-state index < -0.39 is 5.63 Å². The lowest BCUT2D eigenvalue weighted by molar-refractivity contribution is 0.429. The van der Waals surface area contributed by atoms with Crippen molar-refractivity contribution >= 4 is 40.3 Å². The largest absolute Gasteiger partial charge is 0.506 e. The monoisotopic (exact) mass is 446 g/mol. The minimum atomic E-state index is -0.452. The fourth-order valence-electron chi connectivity index (χ4n) is 3.94. The number of hydrogen-bond acceptors (Lipinski definition) is 7. The molecule has 3 aromatic rings. The Bertz CT molecular complexity index is 1150. The molecule has 1 aliphatic carbocycles. The number of aromatic nitrogens is 3. The van der Waals surface area contributed by atoms with Crippen LogP contribution in [0.4, 0.5) is 5.95 Å². The molecule has 9 heteroatoms. The van der Waals surface area contributed by atoms with Crippen LogP contribution in [0.5, 0.6) is 5.75 Å². The summed E-state index contributed by atoms with van der Waals surface area (Å²) in [5, 5.41) is 20.7. The first-order valence-corrected chi connectivity index (χ1v) is 11.6. The van der Waals surface area contributed by atoms with Crippen LogP contribution in [0, 0.1) is 5.92 Å². The Morgan fingerprint density at radius 3 is 2.70 bits per heavy atom. The Morgan fingerprint density at radius 2 is 1.97 bits per heavy atom. The molecular formula is C21H23ClN4O3S. The smallest absolute Gasteiger partial charge is 0.336 e. The number of thioether (sulfide) groups is 1. The van der Waals surface area contributed by atoms with Crippen LogP contribution in [-0.4, -0.2) is 33.0 Å². The van der Waals surface area contributed by atoms with E-state index in [-0.39, 0.29) is 10.8 Å². The molecule has 1 aliphatic heterocycles. The number of nitrogens with zero attached hydrogens (tertiary/aromatic N) is 4. The van der Waals surface area contributed by atoms with Crippen LogP contribution in [0.3, 0.4) is 0 Å². The van der Waals surface area contributed by atoms with Gasteiger partial charge in [-0.3, -0.25) is 4.57 Å². The van der Waals surface area contributed by atoms with Gasteiger partial charge in [0.05, 0.1) is 5.02 Å². The van der Waals surface area contributed by atoms with Gasteiger partial charge in [-0.2, -0.15) is 0 Å². The highest BCUT2D eigenvalue weighted by atomic mass is 35.5. The van der Waals surface area contributed by atoms with Gasteiger partial charge in [0, 0.05) is 42.4 Å². The number of piperidine rings is 1. The van der Waals surface area contributed by atoms with E-state index in [0.29, 0.717) is 22.8 Å². The predicted octanol–water partition coefficient (Wildman–Crippen LogP) is 4.61. The summed E-state index contributed by atoms with van der Waals surface area (Å²) in [5.41, 5.74) is 0.672. The van der Waals surface area contributed by atoms with Gasteiger partial charge in [-0.25, -0.2) is 4.79 Å². The van der Waals surface area contributed by atoms with E-state index in [0.717, 1.165) is 48.5 Å². The Labute approximate surface area is 183 Å². The van der Waals surface area contributed by atoms with Gasteiger partial charge in [-0.05, 0) is 43.2 Å². The Balaban J connectivity index is 1.43. The minimum Gasteiger partial charge on any atom is -0.506 e. The third-order valence-corrected chi connectivity index (χ3v) is 7.17. The van der Waals surface area contributed by atoms with Crippen molar-refractivity contribution in [3.05, 3.63) is 39.2 Å². The Kier molecular flexibility index (Phi) is 5.14. The molecule has 0 amide bonds. The van der Waals surface area contributed by atoms with Crippen LogP contribution >= 0.6 is 23.4 Å². The maximum Gasteiger partial charge on any atom is 0.336 e. The Morgan fingerprint density at radius 1 is 1.20 bits per heavy atom. The van der Waals surface area contributed by atoms with Gasteiger partial charge in [0.15, 0.2) is 5.16 Å². The van der Waals surface area contributed by atoms with Crippen molar-refractivity contribution in [2.24, 2.45) is 5.92 Å². The molecular weight excluding hydrogens is 424 g/mol. The first-order valence-electron chi connectivity index (χ1n) is 10.3. The van der Waals surface area contributed by atoms with E-state index in [9.17, 15) is 9.90 Å². The van der Waals surface area contributed by atoms with E-state index in [4.69, 9.17) is 16.0 Å². The molecule has 2 aromatic heterocycles. The van der Waals surface area contributed by atoms with Crippen LogP contribution in [0.1, 0.15) is 44.2 Å². The van der Waals surface area contributed by atoms with E-state index in [2.05, 4.69) is 26.6 Å². The molecule has 2 aliphatic rings. The summed E-state index contributed by atoms with van der Waals surface area (Å²) in [4.78, 5) is 14.4. The fraction of sp³-hybridized carbons (Fsp3) is 0.476. The third kappa shape index (κ3) is 3.78. The third-order valence-electron chi connectivity index (χ3n) is 5.88. The van der Waals surface area contributed by atoms with E-state index in [1.165, 1.54) is 25.0 Å². The maximum absolute atomic E-state index is 12.0. The van der Waals surface area contributed by atoms with E-state index in [1.807, 2.05) is 0 Å². The molecule has 1 aromatic carbocycles. The van der Waals surface area contributed by atoms with Gasteiger partial charge >= 0.3 is 5.63 Å². The zero-order valence-electron chi connectivity index (χ0n) is 16.7. The molecule has 0 unspecified atom stereocenters. The van der Waals surface area contributed by atoms with Gasteiger partial charge in [0.1, 0.15) is 11.3 Å².